The molecule has 1 amide bonds. The molecule has 0 bridgehead atoms. The normalized spacial score (nSPS) is 17.0. The Morgan fingerprint density at radius 1 is 1.12 bits per heavy atom. The average molecular weight is 337 g/mol. The summed E-state index contributed by atoms with van der Waals surface area (Å²) in [6, 6.07) is 13.8. The van der Waals surface area contributed by atoms with Crippen LogP contribution in [0.1, 0.15) is 28.7 Å². The van der Waals surface area contributed by atoms with Crippen molar-refractivity contribution in [3.8, 4) is 0 Å². The molecule has 0 unspecified atom stereocenters. The lowest BCUT2D eigenvalue weighted by atomic mass is 10.1. The molecule has 3 rings (SSSR count). The highest BCUT2D eigenvalue weighted by Gasteiger charge is 2.36. The molecule has 1 aliphatic rings. The smallest absolute Gasteiger partial charge is 0.311 e. The first-order valence-electron chi connectivity index (χ1n) is 8.54. The number of anilines is 1. The molecule has 0 saturated carbocycles. The van der Waals surface area contributed by atoms with E-state index in [1.807, 2.05) is 63.2 Å². The van der Waals surface area contributed by atoms with E-state index in [0.717, 1.165) is 22.4 Å². The number of carbonyl (C=O) groups excluding carboxylic acids is 2. The van der Waals surface area contributed by atoms with E-state index in [4.69, 9.17) is 4.74 Å². The van der Waals surface area contributed by atoms with E-state index in [1.54, 1.807) is 4.90 Å². The molecule has 0 spiro atoms. The lowest BCUT2D eigenvalue weighted by Gasteiger charge is -2.20. The van der Waals surface area contributed by atoms with Crippen LogP contribution in [0, 0.1) is 26.7 Å². The van der Waals surface area contributed by atoms with Gasteiger partial charge in [0, 0.05) is 18.7 Å². The molecule has 0 aliphatic carbocycles. The molecule has 0 aromatic heterocycles. The predicted molar refractivity (Wildman–Crippen MR) is 97.4 cm³/mol. The Morgan fingerprint density at radius 3 is 2.56 bits per heavy atom. The van der Waals surface area contributed by atoms with Gasteiger partial charge in [0.15, 0.2) is 0 Å². The van der Waals surface area contributed by atoms with Crippen molar-refractivity contribution in [2.45, 2.75) is 33.8 Å². The summed E-state index contributed by atoms with van der Waals surface area (Å²) in [7, 11) is 0. The molecule has 0 radical (unpaired) electrons. The van der Waals surface area contributed by atoms with Crippen LogP contribution in [0.5, 0.6) is 0 Å². The van der Waals surface area contributed by atoms with Crippen molar-refractivity contribution >= 4 is 17.6 Å². The standard InChI is InChI=1S/C21H23NO3/c1-14-7-9-17(10-8-14)13-25-21(24)18-11-20(23)22(12-18)19-6-4-5-15(2)16(19)3/h4-10,18H,11-13H2,1-3H3/t18-/m0/s1. The van der Waals surface area contributed by atoms with Gasteiger partial charge in [-0.25, -0.2) is 0 Å². The maximum absolute atomic E-state index is 12.4. The zero-order valence-corrected chi connectivity index (χ0v) is 14.9. The third-order valence-electron chi connectivity index (χ3n) is 4.83. The second-order valence-corrected chi connectivity index (χ2v) is 6.72. The number of esters is 1. The van der Waals surface area contributed by atoms with Crippen molar-refractivity contribution < 1.29 is 14.3 Å². The molecule has 1 saturated heterocycles. The highest BCUT2D eigenvalue weighted by molar-refractivity contribution is 6.00. The van der Waals surface area contributed by atoms with Gasteiger partial charge in [-0.1, -0.05) is 42.0 Å². The van der Waals surface area contributed by atoms with Gasteiger partial charge >= 0.3 is 5.97 Å². The maximum Gasteiger partial charge on any atom is 0.311 e. The highest BCUT2D eigenvalue weighted by Crippen LogP contribution is 2.30. The Bertz CT molecular complexity index is 795. The van der Waals surface area contributed by atoms with Gasteiger partial charge in [0.25, 0.3) is 0 Å². The van der Waals surface area contributed by atoms with Crippen molar-refractivity contribution in [1.29, 1.82) is 0 Å². The molecule has 1 aliphatic heterocycles. The molecule has 0 N–H and O–H groups in total. The molecule has 4 nitrogen and oxygen atoms in total. The number of hydrogen-bond donors (Lipinski definition) is 0. The summed E-state index contributed by atoms with van der Waals surface area (Å²) in [6.45, 7) is 6.67. The van der Waals surface area contributed by atoms with Crippen molar-refractivity contribution in [3.05, 3.63) is 64.7 Å². The topological polar surface area (TPSA) is 46.6 Å². The molecule has 4 heteroatoms. The molecule has 1 heterocycles. The van der Waals surface area contributed by atoms with Crippen LogP contribution in [0.4, 0.5) is 5.69 Å². The van der Waals surface area contributed by atoms with E-state index in [1.165, 1.54) is 5.56 Å². The Labute approximate surface area is 148 Å². The summed E-state index contributed by atoms with van der Waals surface area (Å²) in [4.78, 5) is 26.5. The van der Waals surface area contributed by atoms with E-state index in [2.05, 4.69) is 0 Å². The summed E-state index contributed by atoms with van der Waals surface area (Å²) in [5.74, 6) is -0.731. The fourth-order valence-corrected chi connectivity index (χ4v) is 3.08. The number of hydrogen-bond acceptors (Lipinski definition) is 3. The highest BCUT2D eigenvalue weighted by atomic mass is 16.5. The Balaban J connectivity index is 1.64. The fraction of sp³-hybridized carbons (Fsp3) is 0.333. The van der Waals surface area contributed by atoms with Gasteiger partial charge < -0.3 is 9.64 Å². The zero-order chi connectivity index (χ0) is 18.0. The van der Waals surface area contributed by atoms with Crippen molar-refractivity contribution in [1.82, 2.24) is 0 Å². The van der Waals surface area contributed by atoms with Gasteiger partial charge in [-0.3, -0.25) is 9.59 Å². The van der Waals surface area contributed by atoms with Crippen molar-refractivity contribution in [3.63, 3.8) is 0 Å². The van der Waals surface area contributed by atoms with E-state index in [9.17, 15) is 9.59 Å². The van der Waals surface area contributed by atoms with Crippen LogP contribution in [0.3, 0.4) is 0 Å². The number of aryl methyl sites for hydroxylation is 2. The molecule has 2 aromatic carbocycles. The first-order valence-corrected chi connectivity index (χ1v) is 8.54. The van der Waals surface area contributed by atoms with Crippen molar-refractivity contribution in [2.75, 3.05) is 11.4 Å². The van der Waals surface area contributed by atoms with Gasteiger partial charge in [0.05, 0.1) is 5.92 Å². The third-order valence-corrected chi connectivity index (χ3v) is 4.83. The first kappa shape index (κ1) is 17.2. The zero-order valence-electron chi connectivity index (χ0n) is 14.9. The van der Waals surface area contributed by atoms with Gasteiger partial charge in [-0.15, -0.1) is 0 Å². The van der Waals surface area contributed by atoms with Crippen LogP contribution < -0.4 is 4.90 Å². The summed E-state index contributed by atoms with van der Waals surface area (Å²) in [5.41, 5.74) is 5.22. The monoisotopic (exact) mass is 337 g/mol. The quantitative estimate of drug-likeness (QED) is 0.799. The van der Waals surface area contributed by atoms with E-state index in [-0.39, 0.29) is 24.9 Å². The molecule has 2 aromatic rings. The summed E-state index contributed by atoms with van der Waals surface area (Å²) >= 11 is 0. The number of rotatable bonds is 4. The fourth-order valence-electron chi connectivity index (χ4n) is 3.08. The summed E-state index contributed by atoms with van der Waals surface area (Å²) < 4.78 is 5.42. The molecule has 1 atom stereocenters. The van der Waals surface area contributed by atoms with Crippen LogP contribution in [-0.2, 0) is 20.9 Å². The second-order valence-electron chi connectivity index (χ2n) is 6.72. The summed E-state index contributed by atoms with van der Waals surface area (Å²) in [5, 5.41) is 0. The Morgan fingerprint density at radius 2 is 1.84 bits per heavy atom. The van der Waals surface area contributed by atoms with E-state index >= 15 is 0 Å². The minimum absolute atomic E-state index is 0.0222. The Kier molecular flexibility index (Phi) is 4.88. The first-order chi connectivity index (χ1) is 12.0. The molecule has 1 fully saturated rings. The minimum Gasteiger partial charge on any atom is -0.461 e. The SMILES string of the molecule is Cc1ccc(COC(=O)[C@H]2CC(=O)N(c3cccc(C)c3C)C2)cc1. The Hall–Kier alpha value is -2.62. The second kappa shape index (κ2) is 7.09. The van der Waals surface area contributed by atoms with Crippen LogP contribution in [0.15, 0.2) is 42.5 Å². The number of amides is 1. The largest absolute Gasteiger partial charge is 0.461 e. The number of benzene rings is 2. The van der Waals surface area contributed by atoms with Crippen LogP contribution in [-0.4, -0.2) is 18.4 Å². The maximum atomic E-state index is 12.4. The van der Waals surface area contributed by atoms with E-state index in [0.29, 0.717) is 6.54 Å². The van der Waals surface area contributed by atoms with Gasteiger partial charge in [-0.05, 0) is 43.5 Å². The molecule has 130 valence electrons. The van der Waals surface area contributed by atoms with Gasteiger partial charge in [-0.2, -0.15) is 0 Å². The van der Waals surface area contributed by atoms with Gasteiger partial charge in [0.1, 0.15) is 6.61 Å². The van der Waals surface area contributed by atoms with E-state index < -0.39 is 5.92 Å². The molecular formula is C21H23NO3. The minimum atomic E-state index is -0.405. The number of carbonyl (C=O) groups is 2. The number of nitrogens with zero attached hydrogens (tertiary/aromatic N) is 1. The van der Waals surface area contributed by atoms with Gasteiger partial charge in [0.2, 0.25) is 5.91 Å². The lowest BCUT2D eigenvalue weighted by Crippen LogP contribution is -2.27. The van der Waals surface area contributed by atoms with Crippen molar-refractivity contribution in [2.24, 2.45) is 5.92 Å². The van der Waals surface area contributed by atoms with Crippen LogP contribution >= 0.6 is 0 Å². The lowest BCUT2D eigenvalue weighted by molar-refractivity contribution is -0.149. The molecular weight excluding hydrogens is 314 g/mol. The predicted octanol–water partition coefficient (Wildman–Crippen LogP) is 3.71. The number of ether oxygens (including phenoxy) is 1. The van der Waals surface area contributed by atoms with Crippen LogP contribution in [0.25, 0.3) is 0 Å². The van der Waals surface area contributed by atoms with Crippen LogP contribution in [0.2, 0.25) is 0 Å². The molecule has 25 heavy (non-hydrogen) atoms. The third kappa shape index (κ3) is 3.73. The average Bonchev–Trinajstić information content (AvgIpc) is 2.98. The summed E-state index contributed by atoms with van der Waals surface area (Å²) in [6.07, 6.45) is 0.208.